The SMILES string of the molecule is C[C@@H]1O[C@@H](O[C@@H]2[C@@H](C)C[C@@H](C(=O)NCCCCc3cn(Cc4c[nH]c5cc([N+](=O)[O-])ccc45)nn3)C[C@H]2O[C@@H]2O[C@H](CO)[C@H](O)[C@H](O[C@@H](CC3CCCCC3)C(=O)O)[C@H]2OC(=O)c2ccccc2)[C@@H](O)[C@H](O)[C@@H]1O. The predicted octanol–water partition coefficient (Wildman–Crippen LogP) is 2.91. The van der Waals surface area contributed by atoms with Gasteiger partial charge in [0.1, 0.15) is 36.6 Å². The molecule has 0 radical (unpaired) electrons. The molecule has 2 saturated carbocycles. The van der Waals surface area contributed by atoms with Crippen LogP contribution in [0.15, 0.2) is 60.9 Å². The standard InChI is InChI=1S/C51H68N6O17/c1-27-19-31(47(63)52-18-10-9-15-33-25-56(55-54-33)24-32-23-53-36-22-34(57(67)68)16-17-35(32)36)21-37(44(27)74-50-43(62)42(61)40(59)28(2)69-50)71-51-46(73-49(66)30-13-7-4-8-14-30)45(41(60)39(26-58)72-51)70-38(48(64)65)20-29-11-5-3-6-12-29/h4,7-8,13-14,16-17,22-23,25,27-29,31,37-46,50-51,53,58-62H,3,5-6,9-12,15,18-21,24,26H2,1-2H3,(H,52,63)(H,64,65)/t27-,28-,31+,37+,38-,39+,40+,41-,42+,43-,44+,45-,46+,50-,51+/m0/s1. The molecule has 2 aromatic carbocycles. The monoisotopic (exact) mass is 1040 g/mol. The highest BCUT2D eigenvalue weighted by Crippen LogP contribution is 2.39. The zero-order valence-corrected chi connectivity index (χ0v) is 41.4. The molecule has 4 heterocycles. The number of aryl methyl sites for hydroxylation is 1. The number of aliphatic hydroxyl groups is 5. The zero-order chi connectivity index (χ0) is 52.6. The van der Waals surface area contributed by atoms with Gasteiger partial charge in [0.2, 0.25) is 5.91 Å². The molecule has 8 rings (SSSR count). The summed E-state index contributed by atoms with van der Waals surface area (Å²) in [5.74, 6) is -3.64. The molecular weight excluding hydrogens is 969 g/mol. The van der Waals surface area contributed by atoms with Gasteiger partial charge in [-0.25, -0.2) is 14.3 Å². The van der Waals surface area contributed by atoms with E-state index in [1.54, 1.807) is 42.1 Å². The second-order valence-corrected chi connectivity index (χ2v) is 20.2. The summed E-state index contributed by atoms with van der Waals surface area (Å²) in [5.41, 5.74) is 2.38. The summed E-state index contributed by atoms with van der Waals surface area (Å²) in [4.78, 5) is 54.6. The van der Waals surface area contributed by atoms with Crippen molar-refractivity contribution in [3.05, 3.63) is 87.9 Å². The number of H-pyrrole nitrogens is 1. The topological polar surface area (TPSA) is 330 Å². The number of amides is 1. The van der Waals surface area contributed by atoms with E-state index in [1.165, 1.54) is 31.2 Å². The Morgan fingerprint density at radius 1 is 0.919 bits per heavy atom. The third-order valence-corrected chi connectivity index (χ3v) is 14.8. The number of carbonyl (C=O) groups is 3. The number of fused-ring (bicyclic) bond motifs is 1. The lowest BCUT2D eigenvalue weighted by Crippen LogP contribution is -2.64. The second-order valence-electron chi connectivity index (χ2n) is 20.2. The van der Waals surface area contributed by atoms with Gasteiger partial charge in [0.15, 0.2) is 24.8 Å². The van der Waals surface area contributed by atoms with Crippen molar-refractivity contribution in [3.8, 4) is 0 Å². The quantitative estimate of drug-likeness (QED) is 0.0257. The van der Waals surface area contributed by atoms with Crippen LogP contribution in [0.1, 0.15) is 99.7 Å². The molecule has 404 valence electrons. The number of non-ortho nitro benzene ring substituents is 1. The largest absolute Gasteiger partial charge is 0.479 e. The Balaban J connectivity index is 0.971. The van der Waals surface area contributed by atoms with E-state index >= 15 is 0 Å². The number of nitro groups is 1. The molecule has 0 bridgehead atoms. The fourth-order valence-corrected chi connectivity index (χ4v) is 10.7. The molecule has 1 amide bonds. The van der Waals surface area contributed by atoms with Crippen LogP contribution in [0.25, 0.3) is 10.9 Å². The van der Waals surface area contributed by atoms with Crippen molar-refractivity contribution in [2.24, 2.45) is 17.8 Å². The minimum atomic E-state index is -1.70. The van der Waals surface area contributed by atoms with Crippen molar-refractivity contribution in [3.63, 3.8) is 0 Å². The number of ether oxygens (including phenoxy) is 6. The maximum Gasteiger partial charge on any atom is 0.338 e. The number of rotatable bonds is 21. The van der Waals surface area contributed by atoms with Gasteiger partial charge in [0.05, 0.1) is 53.2 Å². The molecule has 0 unspecified atom stereocenters. The number of carboxylic acid groups (broad SMARTS) is 1. The van der Waals surface area contributed by atoms with Crippen LogP contribution in [-0.4, -0.2) is 166 Å². The van der Waals surface area contributed by atoms with Gasteiger partial charge in [-0.2, -0.15) is 0 Å². The predicted molar refractivity (Wildman–Crippen MR) is 259 cm³/mol. The van der Waals surface area contributed by atoms with Crippen molar-refractivity contribution in [1.29, 1.82) is 0 Å². The fourth-order valence-electron chi connectivity index (χ4n) is 10.7. The van der Waals surface area contributed by atoms with E-state index in [9.17, 15) is 55.1 Å². The zero-order valence-electron chi connectivity index (χ0n) is 41.4. The molecule has 2 aliphatic heterocycles. The molecule has 4 aromatic rings. The molecule has 8 N–H and O–H groups in total. The van der Waals surface area contributed by atoms with Crippen LogP contribution in [0.4, 0.5) is 5.69 Å². The number of benzene rings is 2. The first-order chi connectivity index (χ1) is 35.6. The third kappa shape index (κ3) is 13.1. The van der Waals surface area contributed by atoms with E-state index in [2.05, 4.69) is 20.6 Å². The molecule has 23 nitrogen and oxygen atoms in total. The molecule has 15 atom stereocenters. The summed E-state index contributed by atoms with van der Waals surface area (Å²) in [6.45, 7) is 3.24. The summed E-state index contributed by atoms with van der Waals surface area (Å²) in [6.07, 6.45) is -8.49. The molecule has 4 aliphatic rings. The Morgan fingerprint density at radius 2 is 1.69 bits per heavy atom. The number of aliphatic hydroxyl groups excluding tert-OH is 5. The summed E-state index contributed by atoms with van der Waals surface area (Å²) in [6, 6.07) is 12.6. The van der Waals surface area contributed by atoms with Crippen LogP contribution >= 0.6 is 0 Å². The molecule has 2 aromatic heterocycles. The van der Waals surface area contributed by atoms with Gasteiger partial charge >= 0.3 is 11.9 Å². The van der Waals surface area contributed by atoms with Crippen molar-refractivity contribution < 1.29 is 78.4 Å². The normalized spacial score (nSPS) is 31.2. The smallest absolute Gasteiger partial charge is 0.338 e. The van der Waals surface area contributed by atoms with Crippen LogP contribution in [0.2, 0.25) is 0 Å². The lowest BCUT2D eigenvalue weighted by Gasteiger charge is -2.48. The number of aliphatic carboxylic acids is 1. The Labute approximate surface area is 426 Å². The summed E-state index contributed by atoms with van der Waals surface area (Å²) < 4.78 is 39.1. The number of unbranched alkanes of at least 4 members (excludes halogenated alkanes) is 1. The minimum Gasteiger partial charge on any atom is -0.479 e. The molecule has 4 fully saturated rings. The number of hydrogen-bond donors (Lipinski definition) is 8. The van der Waals surface area contributed by atoms with E-state index in [-0.39, 0.29) is 42.3 Å². The number of carboxylic acids is 1. The van der Waals surface area contributed by atoms with Crippen LogP contribution in [-0.2, 0) is 51.0 Å². The summed E-state index contributed by atoms with van der Waals surface area (Å²) >= 11 is 0. The first-order valence-corrected chi connectivity index (χ1v) is 25.6. The van der Waals surface area contributed by atoms with E-state index < -0.39 is 115 Å². The Morgan fingerprint density at radius 3 is 2.42 bits per heavy atom. The van der Waals surface area contributed by atoms with E-state index in [0.717, 1.165) is 48.7 Å². The summed E-state index contributed by atoms with van der Waals surface area (Å²) in [5, 5.41) is 88.5. The Kier molecular flexibility index (Phi) is 18.4. The second kappa shape index (κ2) is 24.9. The Hall–Kier alpha value is -5.47. The lowest BCUT2D eigenvalue weighted by molar-refractivity contribution is -0.384. The molecule has 2 aliphatic carbocycles. The van der Waals surface area contributed by atoms with Gasteiger partial charge < -0.3 is 69.4 Å². The molecule has 74 heavy (non-hydrogen) atoms. The average Bonchev–Trinajstić information content (AvgIpc) is 4.03. The van der Waals surface area contributed by atoms with E-state index in [1.807, 2.05) is 6.20 Å². The maximum absolute atomic E-state index is 14.1. The average molecular weight is 1040 g/mol. The first-order valence-electron chi connectivity index (χ1n) is 25.6. The van der Waals surface area contributed by atoms with Crippen LogP contribution in [0.5, 0.6) is 0 Å². The summed E-state index contributed by atoms with van der Waals surface area (Å²) in [7, 11) is 0. The van der Waals surface area contributed by atoms with Gasteiger partial charge in [-0.15, -0.1) is 5.10 Å². The highest BCUT2D eigenvalue weighted by atomic mass is 16.7. The maximum atomic E-state index is 14.1. The lowest BCUT2D eigenvalue weighted by atomic mass is 9.77. The number of nitrogens with one attached hydrogen (secondary N) is 2. The number of nitro benzene ring substituents is 1. The Bertz CT molecular complexity index is 2510. The third-order valence-electron chi connectivity index (χ3n) is 14.8. The molecule has 2 saturated heterocycles. The van der Waals surface area contributed by atoms with Gasteiger partial charge in [-0.3, -0.25) is 14.9 Å². The number of hydrogen-bond acceptors (Lipinski definition) is 18. The van der Waals surface area contributed by atoms with Gasteiger partial charge in [0.25, 0.3) is 5.69 Å². The first kappa shape index (κ1) is 54.8. The molecule has 23 heteroatoms. The van der Waals surface area contributed by atoms with Crippen molar-refractivity contribution in [2.75, 3.05) is 13.2 Å². The molecule has 0 spiro atoms. The number of esters is 1. The van der Waals surface area contributed by atoms with Crippen LogP contribution in [0.3, 0.4) is 0 Å². The van der Waals surface area contributed by atoms with Crippen LogP contribution < -0.4 is 5.32 Å². The van der Waals surface area contributed by atoms with Gasteiger partial charge in [-0.05, 0) is 81.0 Å². The van der Waals surface area contributed by atoms with E-state index in [4.69, 9.17) is 28.4 Å². The van der Waals surface area contributed by atoms with Crippen molar-refractivity contribution >= 4 is 34.4 Å². The van der Waals surface area contributed by atoms with Crippen molar-refractivity contribution in [2.45, 2.75) is 171 Å². The van der Waals surface area contributed by atoms with Gasteiger partial charge in [-0.1, -0.05) is 62.4 Å². The highest BCUT2D eigenvalue weighted by Gasteiger charge is 2.54. The number of aromatic amines is 1. The van der Waals surface area contributed by atoms with Crippen LogP contribution in [0, 0.1) is 27.9 Å². The van der Waals surface area contributed by atoms with Crippen molar-refractivity contribution in [1.82, 2.24) is 25.3 Å². The van der Waals surface area contributed by atoms with E-state index in [0.29, 0.717) is 37.9 Å². The highest BCUT2D eigenvalue weighted by molar-refractivity contribution is 5.89. The molecular formula is C51H68N6O17. The fraction of sp³-hybridized carbons (Fsp3) is 0.627. The number of aromatic nitrogens is 4. The number of carbonyl (C=O) groups excluding carboxylic acids is 2. The number of nitrogens with zero attached hydrogens (tertiary/aromatic N) is 4. The van der Waals surface area contributed by atoms with Gasteiger partial charge in [0, 0.05) is 42.4 Å². The minimum absolute atomic E-state index is 0.0106.